The Hall–Kier alpha value is -11.1. The van der Waals surface area contributed by atoms with Gasteiger partial charge in [-0.3, -0.25) is 38.4 Å². The molecule has 2 fully saturated rings. The molecule has 2 saturated heterocycles. The zero-order valence-electron chi connectivity index (χ0n) is 66.8. The van der Waals surface area contributed by atoms with E-state index >= 15 is 24.0 Å². The van der Waals surface area contributed by atoms with Crippen LogP contribution in [0, 0.1) is 5.92 Å². The quantitative estimate of drug-likeness (QED) is 0.0153. The fourth-order valence-corrected chi connectivity index (χ4v) is 15.6. The number of amides is 8. The number of phenolic OH excluding ortho intramolecular Hbond substituents is 3. The van der Waals surface area contributed by atoms with E-state index in [-0.39, 0.29) is 78.0 Å². The summed E-state index contributed by atoms with van der Waals surface area (Å²) >= 11 is 26.8. The molecule has 7 aliphatic heterocycles. The largest absolute Gasteiger partial charge is 0.508 e. The van der Waals surface area contributed by atoms with Crippen molar-refractivity contribution in [3.8, 4) is 62.9 Å². The summed E-state index contributed by atoms with van der Waals surface area (Å²) in [6.45, 7) is 5.06. The van der Waals surface area contributed by atoms with Gasteiger partial charge in [0.15, 0.2) is 23.9 Å². The van der Waals surface area contributed by atoms with Crippen molar-refractivity contribution in [2.24, 2.45) is 22.5 Å². The van der Waals surface area contributed by atoms with Crippen LogP contribution in [-0.4, -0.2) is 194 Å². The smallest absolute Gasteiger partial charge is 0.248 e. The summed E-state index contributed by atoms with van der Waals surface area (Å²) in [7, 11) is 1.48. The van der Waals surface area contributed by atoms with Crippen molar-refractivity contribution in [3.63, 3.8) is 0 Å². The van der Waals surface area contributed by atoms with Crippen molar-refractivity contribution in [1.82, 2.24) is 47.9 Å². The normalized spacial score (nSPS) is 25.4. The van der Waals surface area contributed by atoms with Crippen LogP contribution in [-0.2, 0) is 65.7 Å². The van der Waals surface area contributed by atoms with Crippen molar-refractivity contribution in [2.45, 2.75) is 176 Å². The number of hydrogen-bond donors (Lipinski definition) is 19. The Bertz CT molecular complexity index is 5210. The number of aliphatic hydroxyl groups is 5. The number of rotatable bonds is 24. The molecule has 18 atom stereocenters. The van der Waals surface area contributed by atoms with E-state index in [1.165, 1.54) is 25.2 Å². The van der Waals surface area contributed by atoms with Gasteiger partial charge in [0, 0.05) is 47.7 Å². The van der Waals surface area contributed by atoms with Crippen molar-refractivity contribution < 1.29 is 112 Å². The number of azide groups is 1. The highest BCUT2D eigenvalue weighted by Gasteiger charge is 2.51. The van der Waals surface area contributed by atoms with Crippen molar-refractivity contribution in [1.29, 1.82) is 0 Å². The molecule has 0 spiro atoms. The number of carbonyl (C=O) groups is 8. The molecule has 41 heteroatoms. The van der Waals surface area contributed by atoms with Crippen molar-refractivity contribution >= 4 is 93.7 Å². The Kier molecular flexibility index (Phi) is 30.2. The molecule has 0 aromatic heterocycles. The fraction of sp³-hybridized carbons (Fsp3) is 0.398. The summed E-state index contributed by atoms with van der Waals surface area (Å²) in [6.07, 6.45) is -17.9. The molecular formula is C83H92Cl4N14O23. The third-order valence-corrected chi connectivity index (χ3v) is 22.7. The molecule has 11 bridgehead atoms. The predicted molar refractivity (Wildman–Crippen MR) is 445 cm³/mol. The lowest BCUT2D eigenvalue weighted by molar-refractivity contribution is -0.327. The molecule has 14 rings (SSSR count). The number of hydrogen-bond acceptors (Lipinski definition) is 27. The number of benzene rings is 7. The maximum absolute atomic E-state index is 16.4. The maximum Gasteiger partial charge on any atom is 0.248 e. The molecule has 7 aromatic carbocycles. The van der Waals surface area contributed by atoms with Crippen LogP contribution in [0.2, 0.25) is 20.1 Å². The first-order chi connectivity index (χ1) is 59.2. The third-order valence-electron chi connectivity index (χ3n) is 21.4. The predicted octanol–water partition coefficient (Wildman–Crippen LogP) is 5.52. The molecule has 37 nitrogen and oxygen atoms in total. The zero-order chi connectivity index (χ0) is 89.2. The molecule has 660 valence electrons. The molecule has 8 amide bonds. The second-order valence-corrected chi connectivity index (χ2v) is 32.3. The number of primary amides is 1. The minimum Gasteiger partial charge on any atom is -0.508 e. The van der Waals surface area contributed by atoms with E-state index in [0.29, 0.717) is 28.6 Å². The summed E-state index contributed by atoms with van der Waals surface area (Å²) < 4.78 is 45.7. The van der Waals surface area contributed by atoms with Crippen LogP contribution in [0.25, 0.3) is 21.6 Å². The third kappa shape index (κ3) is 21.6. The van der Waals surface area contributed by atoms with E-state index in [0.717, 1.165) is 71.8 Å². The molecule has 7 heterocycles. The van der Waals surface area contributed by atoms with Crippen LogP contribution in [0.5, 0.6) is 51.7 Å². The average molecular weight is 1800 g/mol. The van der Waals surface area contributed by atoms with E-state index < -0.39 is 232 Å². The molecular weight excluding hydrogens is 1700 g/mol. The van der Waals surface area contributed by atoms with Gasteiger partial charge in [-0.25, -0.2) is 0 Å². The molecule has 0 radical (unpaired) electrons. The monoisotopic (exact) mass is 1790 g/mol. The molecule has 124 heavy (non-hydrogen) atoms. The van der Waals surface area contributed by atoms with Gasteiger partial charge in [-0.1, -0.05) is 102 Å². The van der Waals surface area contributed by atoms with Gasteiger partial charge in [-0.05, 0) is 169 Å². The van der Waals surface area contributed by atoms with Crippen molar-refractivity contribution in [3.05, 3.63) is 191 Å². The highest BCUT2D eigenvalue weighted by molar-refractivity contribution is 6.42. The summed E-state index contributed by atoms with van der Waals surface area (Å²) in [6, 6.07) is 11.6. The Labute approximate surface area is 728 Å². The first-order valence-electron chi connectivity index (χ1n) is 39.4. The Morgan fingerprint density at radius 1 is 0.669 bits per heavy atom. The van der Waals surface area contributed by atoms with E-state index in [1.54, 1.807) is 49.4 Å². The minimum absolute atomic E-state index is 0.0334. The van der Waals surface area contributed by atoms with Gasteiger partial charge < -0.3 is 133 Å². The molecule has 0 saturated carbocycles. The first-order valence-corrected chi connectivity index (χ1v) is 40.9. The highest BCUT2D eigenvalue weighted by Crippen LogP contribution is 2.50. The summed E-state index contributed by atoms with van der Waals surface area (Å²) in [5.41, 5.74) is 20.4. The lowest BCUT2D eigenvalue weighted by atomic mass is 9.89. The van der Waals surface area contributed by atoms with Crippen LogP contribution in [0.1, 0.15) is 122 Å². The number of fused-ring (bicyclic) bond motifs is 15. The van der Waals surface area contributed by atoms with E-state index in [1.807, 2.05) is 13.8 Å². The summed E-state index contributed by atoms with van der Waals surface area (Å²) in [5.74, 6) is -14.3. The average Bonchev–Trinajstić information content (AvgIpc) is 0.754. The van der Waals surface area contributed by atoms with E-state index in [9.17, 15) is 60.8 Å². The Balaban J connectivity index is 1.02. The number of halogens is 4. The molecule has 7 aliphatic rings. The summed E-state index contributed by atoms with van der Waals surface area (Å²) in [5, 5.41) is 124. The van der Waals surface area contributed by atoms with Gasteiger partial charge in [0.25, 0.3) is 0 Å². The molecule has 7 aromatic rings. The Morgan fingerprint density at radius 3 is 1.97 bits per heavy atom. The van der Waals surface area contributed by atoms with Gasteiger partial charge in [-0.2, -0.15) is 0 Å². The standard InChI is InChI=1S/C83H92Cl4N14O23/c1-35(2)21-52(91-4)76(111)99-67-70(107)40-11-17-56(49(86)24-40)120-58-26-42-27-59(74(58)124-83-75(73(110)72(109)60(122-83)33-94-101-90)123-62-31-51(69(106)36(3)119-62)93-32-37-7-13-44(14-8-37)118-34-38-9-15-47(84)48(85)22-38)121-57-18-12-41(25-50(57)87)71(108)68-82(117)98-66(78(113)92-20-6-5-19-88)46-28-43(102)29-55(104)63(46)45-23-39(10-16-54(45)103)64(79(114)100-68)97-80(115)65(42)96-77(112)53(30-61(89)105)95-81(67)116/h7-18,22-29,35-36,51-53,60,62,64-73,75,83,91,93,102-104,106-110H,5-6,19-21,30-34,88H2,1-4H3,(H2,89,105)(H,92,113)(H,95,116)(H,96,112)(H,97,115)(H,98,117)(H,99,111)(H,100,114)/t36?,51?,52-,53+,60?,62?,64?,65-,66+,67-,68+,69?,70-,71-,72?,73?,75?,83?/m1/s1. The fourth-order valence-electron chi connectivity index (χ4n) is 14.8. The van der Waals surface area contributed by atoms with Crippen LogP contribution in [0.15, 0.2) is 126 Å². The number of nitrogens with one attached hydrogen (secondary N) is 9. The summed E-state index contributed by atoms with van der Waals surface area (Å²) in [4.78, 5) is 123. The number of aromatic hydroxyl groups is 3. The highest BCUT2D eigenvalue weighted by atomic mass is 35.5. The number of nitrogens with two attached hydrogens (primary N) is 2. The molecule has 0 aliphatic carbocycles. The lowest BCUT2D eigenvalue weighted by Crippen LogP contribution is -2.62. The number of aliphatic hydroxyl groups excluding tert-OH is 5. The SMILES string of the molecule is CN[C@H](CC(C)C)C(=O)N[C@H]1C(=O)N[C@@H](CC(N)=O)C(=O)N[C@H]2C(=O)NC3C(=O)N[C@H](C(=O)N[C@H](C(=O)NCCCCN)c4cc(O)cc(O)c4-c4cc3ccc4O)[C@H](O)c3ccc(c(Cl)c3)Oc3cc2cc(c3OC2OC(CN=[N+]=[N-])C(O)C(O)C2OC2CC(NCc3ccc(OCc4ccc(Cl)c(Cl)c4)cc3)C(O)C(C)O2)Oc2ccc(cc2Cl)[C@H]1O. The second kappa shape index (κ2) is 40.7. The van der Waals surface area contributed by atoms with Gasteiger partial charge in [-0.15, -0.1) is 0 Å². The van der Waals surface area contributed by atoms with E-state index in [4.69, 9.17) is 91.0 Å². The van der Waals surface area contributed by atoms with Gasteiger partial charge in [0.2, 0.25) is 59.3 Å². The number of ether oxygens (including phenoxy) is 7. The second-order valence-electron chi connectivity index (χ2n) is 30.6. The topological polar surface area (TPSA) is 572 Å². The van der Waals surface area contributed by atoms with Crippen LogP contribution >= 0.6 is 46.4 Å². The van der Waals surface area contributed by atoms with Gasteiger partial charge >= 0.3 is 0 Å². The molecule has 21 N–H and O–H groups in total. The van der Waals surface area contributed by atoms with Gasteiger partial charge in [0.05, 0.1) is 57.4 Å². The zero-order valence-corrected chi connectivity index (χ0v) is 69.8. The minimum atomic E-state index is -2.37. The van der Waals surface area contributed by atoms with Gasteiger partial charge in [0.1, 0.15) is 102 Å². The molecule has 10 unspecified atom stereocenters. The van der Waals surface area contributed by atoms with Crippen molar-refractivity contribution in [2.75, 3.05) is 26.7 Å². The van der Waals surface area contributed by atoms with Crippen LogP contribution in [0.3, 0.4) is 0 Å². The van der Waals surface area contributed by atoms with Crippen LogP contribution < -0.4 is 78.3 Å². The number of phenols is 3. The number of likely N-dealkylation sites (N-methyl/N-ethyl adjacent to an activating group) is 1. The maximum atomic E-state index is 16.4. The number of nitrogens with zero attached hydrogens (tertiary/aromatic N) is 3. The Morgan fingerprint density at radius 2 is 1.32 bits per heavy atom. The lowest BCUT2D eigenvalue weighted by Gasteiger charge is -2.45. The number of carbonyl (C=O) groups excluding carboxylic acids is 8. The first kappa shape index (κ1) is 92.1. The number of unbranched alkanes of at least 4 members (excludes halogenated alkanes) is 1. The van der Waals surface area contributed by atoms with Crippen LogP contribution in [0.4, 0.5) is 0 Å². The van der Waals surface area contributed by atoms with E-state index in [2.05, 4.69) is 57.9 Å².